The van der Waals surface area contributed by atoms with Gasteiger partial charge in [-0.2, -0.15) is 0 Å². The van der Waals surface area contributed by atoms with E-state index in [4.69, 9.17) is 9.84 Å². The van der Waals surface area contributed by atoms with Gasteiger partial charge in [0.15, 0.2) is 0 Å². The average Bonchev–Trinajstić information content (AvgIpc) is 2.42. The summed E-state index contributed by atoms with van der Waals surface area (Å²) in [5.74, 6) is 5.14. The van der Waals surface area contributed by atoms with Crippen LogP contribution >= 0.6 is 0 Å². The molecular weight excluding hydrogens is 230 g/mol. The number of aliphatic hydroxyl groups is 1. The fourth-order valence-electron chi connectivity index (χ4n) is 1.30. The molecule has 1 aromatic carbocycles. The van der Waals surface area contributed by atoms with Gasteiger partial charge in [0.2, 0.25) is 0 Å². The lowest BCUT2D eigenvalue weighted by molar-refractivity contribution is 0.0870. The molecule has 0 fully saturated rings. The van der Waals surface area contributed by atoms with Crippen molar-refractivity contribution in [3.05, 3.63) is 35.4 Å². The molecule has 0 spiro atoms. The summed E-state index contributed by atoms with van der Waals surface area (Å²) < 4.78 is 5.05. The van der Waals surface area contributed by atoms with Gasteiger partial charge in [-0.05, 0) is 25.1 Å². The Bertz CT molecular complexity index is 460. The van der Waals surface area contributed by atoms with Crippen molar-refractivity contribution in [2.24, 2.45) is 0 Å². The molecule has 0 bridgehead atoms. The number of hydrogen-bond donors (Lipinski definition) is 2. The van der Waals surface area contributed by atoms with Crippen molar-refractivity contribution < 1.29 is 14.6 Å². The molecule has 96 valence electrons. The molecule has 0 heterocycles. The summed E-state index contributed by atoms with van der Waals surface area (Å²) in [5.41, 5.74) is 1.25. The molecule has 1 amide bonds. The quantitative estimate of drug-likeness (QED) is 0.774. The van der Waals surface area contributed by atoms with Crippen LogP contribution in [0.3, 0.4) is 0 Å². The molecule has 2 N–H and O–H groups in total. The Kier molecular flexibility index (Phi) is 5.92. The Balaban J connectivity index is 2.68. The summed E-state index contributed by atoms with van der Waals surface area (Å²) in [7, 11) is 1.60. The molecule has 0 aliphatic rings. The summed E-state index contributed by atoms with van der Waals surface area (Å²) in [4.78, 5) is 11.8. The number of nitrogens with one attached hydrogen (secondary N) is 1. The molecular formula is C14H17NO3. The topological polar surface area (TPSA) is 58.6 Å². The van der Waals surface area contributed by atoms with Crippen LogP contribution in [0.2, 0.25) is 0 Å². The molecule has 0 aromatic heterocycles. The Hall–Kier alpha value is -1.83. The second-order valence-corrected chi connectivity index (χ2v) is 3.80. The van der Waals surface area contributed by atoms with Crippen molar-refractivity contribution in [2.45, 2.75) is 13.0 Å². The monoisotopic (exact) mass is 247 g/mol. The van der Waals surface area contributed by atoms with Gasteiger partial charge in [-0.3, -0.25) is 4.79 Å². The van der Waals surface area contributed by atoms with Gasteiger partial charge in [0.25, 0.3) is 5.91 Å². The maximum absolute atomic E-state index is 11.8. The highest BCUT2D eigenvalue weighted by Crippen LogP contribution is 2.04. The molecule has 0 aliphatic heterocycles. The average molecular weight is 247 g/mol. The zero-order valence-corrected chi connectivity index (χ0v) is 10.6. The second kappa shape index (κ2) is 7.49. The molecule has 1 atom stereocenters. The largest absolute Gasteiger partial charge is 0.384 e. The molecule has 1 rings (SSSR count). The molecule has 0 radical (unpaired) electrons. The van der Waals surface area contributed by atoms with Crippen LogP contribution in [-0.2, 0) is 4.74 Å². The molecule has 1 aromatic rings. The first-order valence-electron chi connectivity index (χ1n) is 5.68. The Morgan fingerprint density at radius 2 is 2.33 bits per heavy atom. The van der Waals surface area contributed by atoms with Crippen LogP contribution in [0, 0.1) is 11.8 Å². The van der Waals surface area contributed by atoms with Gasteiger partial charge in [-0.15, -0.1) is 0 Å². The van der Waals surface area contributed by atoms with Gasteiger partial charge in [0, 0.05) is 24.8 Å². The first-order chi connectivity index (χ1) is 8.67. The van der Waals surface area contributed by atoms with Crippen molar-refractivity contribution in [1.82, 2.24) is 5.32 Å². The van der Waals surface area contributed by atoms with Crippen LogP contribution in [0.25, 0.3) is 0 Å². The highest BCUT2D eigenvalue weighted by molar-refractivity contribution is 5.94. The van der Waals surface area contributed by atoms with E-state index in [0.29, 0.717) is 17.7 Å². The number of hydrogen-bond acceptors (Lipinski definition) is 3. The summed E-state index contributed by atoms with van der Waals surface area (Å²) >= 11 is 0. The predicted molar refractivity (Wildman–Crippen MR) is 69.2 cm³/mol. The number of rotatable bonds is 4. The van der Waals surface area contributed by atoms with Gasteiger partial charge in [-0.1, -0.05) is 17.9 Å². The van der Waals surface area contributed by atoms with Crippen molar-refractivity contribution in [3.8, 4) is 11.8 Å². The minimum Gasteiger partial charge on any atom is -0.384 e. The summed E-state index contributed by atoms with van der Waals surface area (Å²) in [5, 5.41) is 11.4. The fourth-order valence-corrected chi connectivity index (χ4v) is 1.30. The SMILES string of the molecule is COC(C)CNC(=O)c1cccc(C#CCO)c1. The minimum absolute atomic E-state index is 0.0219. The number of carbonyl (C=O) groups is 1. The number of ether oxygens (including phenoxy) is 1. The standard InChI is InChI=1S/C14H17NO3/c1-11(18-2)10-15-14(17)13-7-3-5-12(9-13)6-4-8-16/h3,5,7,9,11,16H,8,10H2,1-2H3,(H,15,17). The van der Waals surface area contributed by atoms with E-state index in [2.05, 4.69) is 17.2 Å². The predicted octanol–water partition coefficient (Wildman–Crippen LogP) is 0.795. The third-order valence-electron chi connectivity index (χ3n) is 2.39. The lowest BCUT2D eigenvalue weighted by Gasteiger charge is -2.10. The van der Waals surface area contributed by atoms with Crippen LogP contribution in [-0.4, -0.2) is 37.4 Å². The zero-order valence-electron chi connectivity index (χ0n) is 10.6. The highest BCUT2D eigenvalue weighted by Gasteiger charge is 2.07. The molecule has 0 aliphatic carbocycles. The van der Waals surface area contributed by atoms with E-state index >= 15 is 0 Å². The summed E-state index contributed by atoms with van der Waals surface area (Å²) in [6.45, 7) is 2.15. The molecule has 4 heteroatoms. The van der Waals surface area contributed by atoms with E-state index < -0.39 is 0 Å². The molecule has 4 nitrogen and oxygen atoms in total. The van der Waals surface area contributed by atoms with Crippen LogP contribution < -0.4 is 5.32 Å². The zero-order chi connectivity index (χ0) is 13.4. The maximum Gasteiger partial charge on any atom is 0.251 e. The first kappa shape index (κ1) is 14.2. The van der Waals surface area contributed by atoms with Gasteiger partial charge in [0.05, 0.1) is 6.10 Å². The van der Waals surface area contributed by atoms with Gasteiger partial charge < -0.3 is 15.2 Å². The van der Waals surface area contributed by atoms with Gasteiger partial charge >= 0.3 is 0 Å². The number of carbonyl (C=O) groups excluding carboxylic acids is 1. The number of methoxy groups -OCH3 is 1. The number of aliphatic hydroxyl groups excluding tert-OH is 1. The summed E-state index contributed by atoms with van der Waals surface area (Å²) in [6, 6.07) is 6.96. The fraction of sp³-hybridized carbons (Fsp3) is 0.357. The smallest absolute Gasteiger partial charge is 0.251 e. The number of benzene rings is 1. The Morgan fingerprint density at radius 3 is 3.00 bits per heavy atom. The highest BCUT2D eigenvalue weighted by atomic mass is 16.5. The van der Waals surface area contributed by atoms with Gasteiger partial charge in [0.1, 0.15) is 6.61 Å². The van der Waals surface area contributed by atoms with E-state index in [9.17, 15) is 4.79 Å². The lowest BCUT2D eigenvalue weighted by atomic mass is 10.1. The van der Waals surface area contributed by atoms with Crippen molar-refractivity contribution in [1.29, 1.82) is 0 Å². The third kappa shape index (κ3) is 4.58. The van der Waals surface area contributed by atoms with Crippen LogP contribution in [0.4, 0.5) is 0 Å². The van der Waals surface area contributed by atoms with E-state index in [1.54, 1.807) is 31.4 Å². The maximum atomic E-state index is 11.8. The van der Waals surface area contributed by atoms with E-state index in [1.165, 1.54) is 0 Å². The lowest BCUT2D eigenvalue weighted by Crippen LogP contribution is -2.31. The molecule has 0 saturated carbocycles. The van der Waals surface area contributed by atoms with Crippen LogP contribution in [0.1, 0.15) is 22.8 Å². The Labute approximate surface area is 107 Å². The van der Waals surface area contributed by atoms with Gasteiger partial charge in [-0.25, -0.2) is 0 Å². The first-order valence-corrected chi connectivity index (χ1v) is 5.68. The van der Waals surface area contributed by atoms with Crippen molar-refractivity contribution in [2.75, 3.05) is 20.3 Å². The Morgan fingerprint density at radius 1 is 1.56 bits per heavy atom. The minimum atomic E-state index is -0.193. The molecule has 1 unspecified atom stereocenters. The third-order valence-corrected chi connectivity index (χ3v) is 2.39. The van der Waals surface area contributed by atoms with Crippen LogP contribution in [0.15, 0.2) is 24.3 Å². The number of amides is 1. The summed E-state index contributed by atoms with van der Waals surface area (Å²) in [6.07, 6.45) is -0.0219. The van der Waals surface area contributed by atoms with E-state index in [-0.39, 0.29) is 18.6 Å². The van der Waals surface area contributed by atoms with E-state index in [0.717, 1.165) is 0 Å². The van der Waals surface area contributed by atoms with E-state index in [1.807, 2.05) is 6.92 Å². The van der Waals surface area contributed by atoms with Crippen LogP contribution in [0.5, 0.6) is 0 Å². The van der Waals surface area contributed by atoms with Crippen molar-refractivity contribution in [3.63, 3.8) is 0 Å². The normalized spacial score (nSPS) is 11.3. The van der Waals surface area contributed by atoms with Crippen molar-refractivity contribution >= 4 is 5.91 Å². The molecule has 0 saturated heterocycles. The second-order valence-electron chi connectivity index (χ2n) is 3.80. The molecule has 18 heavy (non-hydrogen) atoms.